The highest BCUT2D eigenvalue weighted by atomic mass is 16.3. The molecule has 0 atom stereocenters. The van der Waals surface area contributed by atoms with Crippen molar-refractivity contribution in [2.45, 2.75) is 19.3 Å². The van der Waals surface area contributed by atoms with Crippen LogP contribution in [0.5, 0.6) is 0 Å². The maximum atomic E-state index is 6.86. The predicted octanol–water partition coefficient (Wildman–Crippen LogP) is 15.5. The van der Waals surface area contributed by atoms with E-state index in [2.05, 4.69) is 219 Å². The number of para-hydroxylation sites is 1. The van der Waals surface area contributed by atoms with Gasteiger partial charge < -0.3 is 9.32 Å². The van der Waals surface area contributed by atoms with E-state index in [1.807, 2.05) is 0 Å². The van der Waals surface area contributed by atoms with Crippen molar-refractivity contribution in [1.82, 2.24) is 0 Å². The molecule has 1 aromatic heterocycles. The lowest BCUT2D eigenvalue weighted by Crippen LogP contribution is -2.16. The highest BCUT2D eigenvalue weighted by Crippen LogP contribution is 2.51. The van der Waals surface area contributed by atoms with E-state index in [0.717, 1.165) is 44.6 Å². The molecule has 0 saturated carbocycles. The standard InChI is InChI=1S/C55H39NO/c1-55(2)49-20-9-8-18-46(49)47-32-31-44(35-50(47)55)56(51-21-11-19-48-53-45-17-7-6-14-41(45)30-33-52(53)57-54(48)51)43-16-10-15-42(34-43)40-28-26-39(27-29-40)38-24-22-37(23-25-38)36-12-4-3-5-13-36/h3-35H,1-2H3. The first-order valence-electron chi connectivity index (χ1n) is 19.8. The first kappa shape index (κ1) is 33.2. The molecule has 0 amide bonds. The molecule has 1 heterocycles. The quantitative estimate of drug-likeness (QED) is 0.169. The molecular weight excluding hydrogens is 691 g/mol. The van der Waals surface area contributed by atoms with Crippen LogP contribution >= 0.6 is 0 Å². The lowest BCUT2D eigenvalue weighted by molar-refractivity contribution is 0.660. The molecule has 0 N–H and O–H groups in total. The normalized spacial score (nSPS) is 12.9. The number of benzene rings is 9. The predicted molar refractivity (Wildman–Crippen MR) is 240 cm³/mol. The summed E-state index contributed by atoms with van der Waals surface area (Å²) in [6.45, 7) is 4.69. The summed E-state index contributed by atoms with van der Waals surface area (Å²) >= 11 is 0. The van der Waals surface area contributed by atoms with Gasteiger partial charge in [0, 0.05) is 27.6 Å². The lowest BCUT2D eigenvalue weighted by atomic mass is 9.82. The van der Waals surface area contributed by atoms with Crippen LogP contribution in [0, 0.1) is 0 Å². The molecule has 11 rings (SSSR count). The van der Waals surface area contributed by atoms with Gasteiger partial charge in [-0.1, -0.05) is 178 Å². The monoisotopic (exact) mass is 729 g/mol. The van der Waals surface area contributed by atoms with Gasteiger partial charge in [0.2, 0.25) is 0 Å². The van der Waals surface area contributed by atoms with Gasteiger partial charge in [-0.15, -0.1) is 0 Å². The number of anilines is 3. The molecule has 1 aliphatic rings. The molecule has 2 heteroatoms. The Morgan fingerprint density at radius 2 is 0.982 bits per heavy atom. The Labute approximate surface area is 332 Å². The molecule has 270 valence electrons. The number of rotatable bonds is 6. The zero-order valence-electron chi connectivity index (χ0n) is 31.9. The minimum Gasteiger partial charge on any atom is -0.454 e. The maximum Gasteiger partial charge on any atom is 0.159 e. The topological polar surface area (TPSA) is 16.4 Å². The van der Waals surface area contributed by atoms with Crippen molar-refractivity contribution < 1.29 is 4.42 Å². The average Bonchev–Trinajstić information content (AvgIpc) is 3.77. The van der Waals surface area contributed by atoms with E-state index in [0.29, 0.717) is 0 Å². The van der Waals surface area contributed by atoms with Crippen LogP contribution in [0.3, 0.4) is 0 Å². The second-order valence-corrected chi connectivity index (χ2v) is 15.7. The molecule has 0 radical (unpaired) electrons. The fourth-order valence-electron chi connectivity index (χ4n) is 9.15. The third-order valence-electron chi connectivity index (χ3n) is 12.1. The van der Waals surface area contributed by atoms with Crippen molar-refractivity contribution in [2.75, 3.05) is 4.90 Å². The molecular formula is C55H39NO. The van der Waals surface area contributed by atoms with Crippen LogP contribution in [0.2, 0.25) is 0 Å². The summed E-state index contributed by atoms with van der Waals surface area (Å²) < 4.78 is 6.86. The summed E-state index contributed by atoms with van der Waals surface area (Å²) in [5.74, 6) is 0. The van der Waals surface area contributed by atoms with E-state index in [9.17, 15) is 0 Å². The van der Waals surface area contributed by atoms with Gasteiger partial charge in [0.15, 0.2) is 5.58 Å². The van der Waals surface area contributed by atoms with Crippen LogP contribution in [-0.4, -0.2) is 0 Å². The van der Waals surface area contributed by atoms with Crippen molar-refractivity contribution in [2.24, 2.45) is 0 Å². The van der Waals surface area contributed by atoms with E-state index in [1.54, 1.807) is 0 Å². The Morgan fingerprint density at radius 3 is 1.75 bits per heavy atom. The molecule has 0 aliphatic heterocycles. The van der Waals surface area contributed by atoms with Gasteiger partial charge in [0.05, 0.1) is 5.69 Å². The number of hydrogen-bond donors (Lipinski definition) is 0. The van der Waals surface area contributed by atoms with Crippen LogP contribution in [0.25, 0.3) is 77.2 Å². The Kier molecular flexibility index (Phi) is 7.55. The summed E-state index contributed by atoms with van der Waals surface area (Å²) in [5, 5.41) is 4.67. The van der Waals surface area contributed by atoms with Gasteiger partial charge >= 0.3 is 0 Å². The Bertz CT molecular complexity index is 3130. The third kappa shape index (κ3) is 5.40. The van der Waals surface area contributed by atoms with E-state index >= 15 is 0 Å². The van der Waals surface area contributed by atoms with Crippen molar-refractivity contribution in [1.29, 1.82) is 0 Å². The van der Waals surface area contributed by atoms with Crippen molar-refractivity contribution in [3.8, 4) is 44.5 Å². The maximum absolute atomic E-state index is 6.86. The molecule has 0 spiro atoms. The van der Waals surface area contributed by atoms with Gasteiger partial charge in [0.1, 0.15) is 5.58 Å². The number of hydrogen-bond acceptors (Lipinski definition) is 2. The van der Waals surface area contributed by atoms with Crippen LogP contribution in [0.15, 0.2) is 205 Å². The van der Waals surface area contributed by atoms with E-state index in [1.165, 1.54) is 60.8 Å². The lowest BCUT2D eigenvalue weighted by Gasteiger charge is -2.28. The molecule has 0 fully saturated rings. The smallest absolute Gasteiger partial charge is 0.159 e. The fraction of sp³-hybridized carbons (Fsp3) is 0.0545. The minimum atomic E-state index is -0.136. The SMILES string of the molecule is CC1(C)c2ccccc2-c2ccc(N(c3cccc(-c4ccc(-c5ccc(-c6ccccc6)cc5)cc4)c3)c3cccc4c3oc3ccc5ccccc5c34)cc21. The molecule has 57 heavy (non-hydrogen) atoms. The van der Waals surface area contributed by atoms with Crippen LogP contribution < -0.4 is 4.90 Å². The Balaban J connectivity index is 1.04. The first-order valence-corrected chi connectivity index (χ1v) is 19.8. The molecule has 10 aromatic rings. The van der Waals surface area contributed by atoms with Crippen LogP contribution in [-0.2, 0) is 5.41 Å². The molecule has 0 unspecified atom stereocenters. The number of fused-ring (bicyclic) bond motifs is 8. The summed E-state index contributed by atoms with van der Waals surface area (Å²) in [6.07, 6.45) is 0. The molecule has 1 aliphatic carbocycles. The van der Waals surface area contributed by atoms with Gasteiger partial charge in [0.25, 0.3) is 0 Å². The Hall–Kier alpha value is -7.16. The fourth-order valence-corrected chi connectivity index (χ4v) is 9.15. The zero-order valence-corrected chi connectivity index (χ0v) is 31.9. The van der Waals surface area contributed by atoms with Gasteiger partial charge in [-0.25, -0.2) is 0 Å². The minimum absolute atomic E-state index is 0.136. The molecule has 0 saturated heterocycles. The summed E-state index contributed by atoms with van der Waals surface area (Å²) in [6, 6.07) is 72.5. The van der Waals surface area contributed by atoms with Crippen molar-refractivity contribution in [3.63, 3.8) is 0 Å². The summed E-state index contributed by atoms with van der Waals surface area (Å²) in [5.41, 5.74) is 17.3. The largest absolute Gasteiger partial charge is 0.454 e. The summed E-state index contributed by atoms with van der Waals surface area (Å²) in [4.78, 5) is 2.39. The van der Waals surface area contributed by atoms with Crippen molar-refractivity contribution in [3.05, 3.63) is 211 Å². The van der Waals surface area contributed by atoms with Gasteiger partial charge in [-0.05, 0) is 103 Å². The summed E-state index contributed by atoms with van der Waals surface area (Å²) in [7, 11) is 0. The first-order chi connectivity index (χ1) is 28.0. The van der Waals surface area contributed by atoms with E-state index < -0.39 is 0 Å². The highest BCUT2D eigenvalue weighted by molar-refractivity contribution is 6.21. The van der Waals surface area contributed by atoms with Crippen LogP contribution in [0.1, 0.15) is 25.0 Å². The second-order valence-electron chi connectivity index (χ2n) is 15.7. The molecule has 9 aromatic carbocycles. The van der Waals surface area contributed by atoms with Gasteiger partial charge in [-0.2, -0.15) is 0 Å². The molecule has 2 nitrogen and oxygen atoms in total. The second kappa shape index (κ2) is 13.0. The number of furan rings is 1. The van der Waals surface area contributed by atoms with Crippen molar-refractivity contribution >= 4 is 49.8 Å². The zero-order chi connectivity index (χ0) is 38.1. The highest BCUT2D eigenvalue weighted by Gasteiger charge is 2.36. The third-order valence-corrected chi connectivity index (χ3v) is 12.1. The number of nitrogens with zero attached hydrogens (tertiary/aromatic N) is 1. The van der Waals surface area contributed by atoms with Crippen LogP contribution in [0.4, 0.5) is 17.1 Å². The molecule has 0 bridgehead atoms. The average molecular weight is 730 g/mol. The van der Waals surface area contributed by atoms with E-state index in [-0.39, 0.29) is 5.41 Å². The van der Waals surface area contributed by atoms with E-state index in [4.69, 9.17) is 4.42 Å². The Morgan fingerprint density at radius 1 is 0.404 bits per heavy atom. The van der Waals surface area contributed by atoms with Gasteiger partial charge in [-0.3, -0.25) is 0 Å².